The van der Waals surface area contributed by atoms with E-state index in [0.29, 0.717) is 10.6 Å². The summed E-state index contributed by atoms with van der Waals surface area (Å²) in [7, 11) is 0. The van der Waals surface area contributed by atoms with Gasteiger partial charge in [-0.25, -0.2) is 0 Å². The highest BCUT2D eigenvalue weighted by Crippen LogP contribution is 2.21. The SMILES string of the molecule is O=C(NC1CCCCNC1)c1cc(Br)ccc1Cl. The monoisotopic (exact) mass is 330 g/mol. The van der Waals surface area contributed by atoms with Gasteiger partial charge in [0.1, 0.15) is 0 Å². The Hall–Kier alpha value is -0.580. The predicted molar refractivity (Wildman–Crippen MR) is 77.1 cm³/mol. The van der Waals surface area contributed by atoms with Gasteiger partial charge in [0.15, 0.2) is 0 Å². The predicted octanol–water partition coefficient (Wildman–Crippen LogP) is 2.97. The van der Waals surface area contributed by atoms with E-state index in [1.165, 1.54) is 6.42 Å². The maximum Gasteiger partial charge on any atom is 0.253 e. The Balaban J connectivity index is 2.04. The van der Waals surface area contributed by atoms with Crippen molar-refractivity contribution in [2.24, 2.45) is 0 Å². The van der Waals surface area contributed by atoms with Crippen LogP contribution < -0.4 is 10.6 Å². The van der Waals surface area contributed by atoms with E-state index in [1.54, 1.807) is 12.1 Å². The van der Waals surface area contributed by atoms with Gasteiger partial charge in [-0.15, -0.1) is 0 Å². The van der Waals surface area contributed by atoms with Crippen molar-refractivity contribution in [3.63, 3.8) is 0 Å². The molecule has 5 heteroatoms. The molecule has 1 aromatic rings. The molecule has 1 aliphatic rings. The van der Waals surface area contributed by atoms with Crippen LogP contribution in [-0.4, -0.2) is 25.0 Å². The lowest BCUT2D eigenvalue weighted by atomic mass is 10.1. The van der Waals surface area contributed by atoms with Crippen molar-refractivity contribution in [2.45, 2.75) is 25.3 Å². The number of carbonyl (C=O) groups excluding carboxylic acids is 1. The van der Waals surface area contributed by atoms with E-state index in [-0.39, 0.29) is 11.9 Å². The Morgan fingerprint density at radius 1 is 1.44 bits per heavy atom. The van der Waals surface area contributed by atoms with Crippen molar-refractivity contribution in [2.75, 3.05) is 13.1 Å². The maximum absolute atomic E-state index is 12.2. The van der Waals surface area contributed by atoms with Crippen molar-refractivity contribution >= 4 is 33.4 Å². The molecule has 0 radical (unpaired) electrons. The number of benzene rings is 1. The van der Waals surface area contributed by atoms with Gasteiger partial charge in [0.2, 0.25) is 0 Å². The van der Waals surface area contributed by atoms with E-state index in [1.807, 2.05) is 6.07 Å². The summed E-state index contributed by atoms with van der Waals surface area (Å²) in [6, 6.07) is 5.50. The van der Waals surface area contributed by atoms with Gasteiger partial charge < -0.3 is 10.6 Å². The molecule has 1 fully saturated rings. The summed E-state index contributed by atoms with van der Waals surface area (Å²) >= 11 is 9.40. The smallest absolute Gasteiger partial charge is 0.253 e. The van der Waals surface area contributed by atoms with Crippen LogP contribution in [0.3, 0.4) is 0 Å². The van der Waals surface area contributed by atoms with Crippen LogP contribution in [0.15, 0.2) is 22.7 Å². The number of nitrogens with one attached hydrogen (secondary N) is 2. The molecule has 2 rings (SSSR count). The minimum Gasteiger partial charge on any atom is -0.348 e. The molecule has 1 aromatic carbocycles. The number of hydrogen-bond acceptors (Lipinski definition) is 2. The molecule has 3 nitrogen and oxygen atoms in total. The second-order valence-corrected chi connectivity index (χ2v) is 5.82. The molecule has 1 heterocycles. The summed E-state index contributed by atoms with van der Waals surface area (Å²) in [5.74, 6) is -0.102. The molecule has 1 aliphatic heterocycles. The topological polar surface area (TPSA) is 41.1 Å². The summed E-state index contributed by atoms with van der Waals surface area (Å²) in [5, 5.41) is 6.84. The highest BCUT2D eigenvalue weighted by Gasteiger charge is 2.17. The molecule has 0 bridgehead atoms. The first-order valence-corrected chi connectivity index (χ1v) is 7.30. The summed E-state index contributed by atoms with van der Waals surface area (Å²) in [4.78, 5) is 12.2. The van der Waals surface area contributed by atoms with E-state index < -0.39 is 0 Å². The molecule has 0 spiro atoms. The number of rotatable bonds is 2. The van der Waals surface area contributed by atoms with Gasteiger partial charge >= 0.3 is 0 Å². The lowest BCUT2D eigenvalue weighted by Crippen LogP contribution is -2.40. The van der Waals surface area contributed by atoms with Gasteiger partial charge in [0.05, 0.1) is 10.6 Å². The van der Waals surface area contributed by atoms with Crippen LogP contribution in [-0.2, 0) is 0 Å². The molecule has 1 saturated heterocycles. The van der Waals surface area contributed by atoms with Gasteiger partial charge in [-0.3, -0.25) is 4.79 Å². The zero-order valence-electron chi connectivity index (χ0n) is 10.0. The molecule has 1 unspecified atom stereocenters. The summed E-state index contributed by atoms with van der Waals surface area (Å²) < 4.78 is 0.857. The first kappa shape index (κ1) is 13.8. The van der Waals surface area contributed by atoms with Crippen LogP contribution in [0.2, 0.25) is 5.02 Å². The Labute approximate surface area is 120 Å². The molecule has 18 heavy (non-hydrogen) atoms. The fourth-order valence-corrected chi connectivity index (χ4v) is 2.64. The normalized spacial score (nSPS) is 20.2. The van der Waals surface area contributed by atoms with Crippen LogP contribution in [0.4, 0.5) is 0 Å². The van der Waals surface area contributed by atoms with E-state index in [0.717, 1.165) is 30.4 Å². The Bertz CT molecular complexity index is 431. The Kier molecular flexibility index (Phi) is 5.03. The van der Waals surface area contributed by atoms with Gasteiger partial charge in [0, 0.05) is 17.1 Å². The molecule has 2 N–H and O–H groups in total. The van der Waals surface area contributed by atoms with E-state index >= 15 is 0 Å². The summed E-state index contributed by atoms with van der Waals surface area (Å²) in [6.45, 7) is 1.86. The minimum atomic E-state index is -0.102. The Morgan fingerprint density at radius 3 is 3.11 bits per heavy atom. The molecule has 1 amide bonds. The highest BCUT2D eigenvalue weighted by atomic mass is 79.9. The van der Waals surface area contributed by atoms with Crippen LogP contribution >= 0.6 is 27.5 Å². The second-order valence-electron chi connectivity index (χ2n) is 4.49. The summed E-state index contributed by atoms with van der Waals surface area (Å²) in [5.41, 5.74) is 0.523. The average molecular weight is 332 g/mol. The molecule has 1 atom stereocenters. The van der Waals surface area contributed by atoms with Crippen molar-refractivity contribution in [1.29, 1.82) is 0 Å². The zero-order valence-corrected chi connectivity index (χ0v) is 12.4. The van der Waals surface area contributed by atoms with E-state index in [9.17, 15) is 4.79 Å². The quantitative estimate of drug-likeness (QED) is 0.875. The molecular formula is C13H16BrClN2O. The van der Waals surface area contributed by atoms with Gasteiger partial charge in [-0.2, -0.15) is 0 Å². The van der Waals surface area contributed by atoms with Gasteiger partial charge in [-0.1, -0.05) is 34.0 Å². The fourth-order valence-electron chi connectivity index (χ4n) is 2.08. The van der Waals surface area contributed by atoms with E-state index in [2.05, 4.69) is 26.6 Å². The van der Waals surface area contributed by atoms with Crippen molar-refractivity contribution in [3.05, 3.63) is 33.3 Å². The van der Waals surface area contributed by atoms with Crippen LogP contribution in [0.5, 0.6) is 0 Å². The largest absolute Gasteiger partial charge is 0.348 e. The number of amides is 1. The first-order valence-electron chi connectivity index (χ1n) is 6.13. The second kappa shape index (κ2) is 6.55. The molecule has 0 aromatic heterocycles. The molecular weight excluding hydrogens is 316 g/mol. The van der Waals surface area contributed by atoms with Crippen molar-refractivity contribution in [3.8, 4) is 0 Å². The lowest BCUT2D eigenvalue weighted by Gasteiger charge is -2.17. The van der Waals surface area contributed by atoms with Crippen molar-refractivity contribution < 1.29 is 4.79 Å². The number of carbonyl (C=O) groups is 1. The third-order valence-corrected chi connectivity index (χ3v) is 3.88. The maximum atomic E-state index is 12.2. The average Bonchev–Trinajstić information content (AvgIpc) is 2.61. The third kappa shape index (κ3) is 3.70. The standard InChI is InChI=1S/C13H16BrClN2O/c14-9-4-5-12(15)11(7-9)13(18)17-10-3-1-2-6-16-8-10/h4-5,7,10,16H,1-3,6,8H2,(H,17,18). The van der Waals surface area contributed by atoms with Crippen LogP contribution in [0.25, 0.3) is 0 Å². The van der Waals surface area contributed by atoms with Gasteiger partial charge in [0.25, 0.3) is 5.91 Å². The minimum absolute atomic E-state index is 0.102. The lowest BCUT2D eigenvalue weighted by molar-refractivity contribution is 0.0935. The zero-order chi connectivity index (χ0) is 13.0. The van der Waals surface area contributed by atoms with Crippen molar-refractivity contribution in [1.82, 2.24) is 10.6 Å². The number of hydrogen-bond donors (Lipinski definition) is 2. The summed E-state index contributed by atoms with van der Waals surface area (Å²) in [6.07, 6.45) is 3.33. The highest BCUT2D eigenvalue weighted by molar-refractivity contribution is 9.10. The van der Waals surface area contributed by atoms with Crippen LogP contribution in [0, 0.1) is 0 Å². The number of halogens is 2. The Morgan fingerprint density at radius 2 is 2.28 bits per heavy atom. The molecule has 0 aliphatic carbocycles. The van der Waals surface area contributed by atoms with Crippen LogP contribution in [0.1, 0.15) is 29.6 Å². The third-order valence-electron chi connectivity index (χ3n) is 3.06. The molecule has 98 valence electrons. The van der Waals surface area contributed by atoms with Gasteiger partial charge in [-0.05, 0) is 37.6 Å². The molecule has 0 saturated carbocycles. The fraction of sp³-hybridized carbons (Fsp3) is 0.462. The first-order chi connectivity index (χ1) is 8.66. The van der Waals surface area contributed by atoms with E-state index in [4.69, 9.17) is 11.6 Å².